The second kappa shape index (κ2) is 6.29. The average Bonchev–Trinajstić information content (AvgIpc) is 2.99. The van der Waals surface area contributed by atoms with Crippen LogP contribution in [-0.2, 0) is 6.54 Å². The van der Waals surface area contributed by atoms with E-state index >= 15 is 0 Å². The summed E-state index contributed by atoms with van der Waals surface area (Å²) in [7, 11) is 2.17. The van der Waals surface area contributed by atoms with Crippen LogP contribution in [0.2, 0.25) is 0 Å². The van der Waals surface area contributed by atoms with E-state index in [-0.39, 0.29) is 0 Å². The first-order valence-electron chi connectivity index (χ1n) is 7.13. The van der Waals surface area contributed by atoms with E-state index in [1.54, 1.807) is 0 Å². The maximum Gasteiger partial charge on any atom is 0.0605 e. The second-order valence-corrected chi connectivity index (χ2v) is 6.19. The van der Waals surface area contributed by atoms with Gasteiger partial charge in [0.05, 0.1) is 11.4 Å². The monoisotopic (exact) mass is 287 g/mol. The second-order valence-electron chi connectivity index (χ2n) is 5.15. The number of benzene rings is 1. The lowest BCUT2D eigenvalue weighted by molar-refractivity contribution is 0.651. The van der Waals surface area contributed by atoms with Gasteiger partial charge in [0, 0.05) is 44.6 Å². The summed E-state index contributed by atoms with van der Waals surface area (Å²) in [6, 6.07) is 13.0. The van der Waals surface area contributed by atoms with Gasteiger partial charge in [-0.1, -0.05) is 18.2 Å². The van der Waals surface area contributed by atoms with Gasteiger partial charge in [0.15, 0.2) is 0 Å². The molecule has 0 atom stereocenters. The molecule has 20 heavy (non-hydrogen) atoms. The van der Waals surface area contributed by atoms with Crippen molar-refractivity contribution in [1.82, 2.24) is 5.32 Å². The zero-order chi connectivity index (χ0) is 13.8. The highest BCUT2D eigenvalue weighted by atomic mass is 32.1. The third-order valence-electron chi connectivity index (χ3n) is 3.78. The van der Waals surface area contributed by atoms with Crippen LogP contribution in [0.4, 0.5) is 11.4 Å². The number of para-hydroxylation sites is 2. The van der Waals surface area contributed by atoms with Crippen molar-refractivity contribution in [2.45, 2.75) is 6.54 Å². The van der Waals surface area contributed by atoms with E-state index in [4.69, 9.17) is 0 Å². The molecular formula is C16H21N3S. The molecule has 0 unspecified atom stereocenters. The molecule has 0 saturated carbocycles. The van der Waals surface area contributed by atoms with Gasteiger partial charge in [0.2, 0.25) is 0 Å². The minimum absolute atomic E-state index is 0.979. The van der Waals surface area contributed by atoms with Gasteiger partial charge >= 0.3 is 0 Å². The third kappa shape index (κ3) is 2.97. The Bertz CT molecular complexity index is 538. The van der Waals surface area contributed by atoms with Gasteiger partial charge in [-0.2, -0.15) is 0 Å². The molecule has 0 bridgehead atoms. The predicted molar refractivity (Wildman–Crippen MR) is 88.0 cm³/mol. The fourth-order valence-electron chi connectivity index (χ4n) is 2.64. The van der Waals surface area contributed by atoms with Gasteiger partial charge < -0.3 is 15.1 Å². The van der Waals surface area contributed by atoms with Gasteiger partial charge in [-0.05, 0) is 23.6 Å². The van der Waals surface area contributed by atoms with E-state index in [0.29, 0.717) is 0 Å². The van der Waals surface area contributed by atoms with E-state index in [9.17, 15) is 0 Å². The van der Waals surface area contributed by atoms with Crippen LogP contribution in [0.25, 0.3) is 0 Å². The molecule has 0 radical (unpaired) electrons. The van der Waals surface area contributed by atoms with Gasteiger partial charge in [0.25, 0.3) is 0 Å². The molecule has 0 aliphatic carbocycles. The van der Waals surface area contributed by atoms with Crippen molar-refractivity contribution < 1.29 is 0 Å². The SMILES string of the molecule is CN1CCN(CCNCc2cccs2)c2ccccc21. The van der Waals surface area contributed by atoms with Crippen molar-refractivity contribution in [3.8, 4) is 0 Å². The number of nitrogens with one attached hydrogen (secondary N) is 1. The lowest BCUT2D eigenvalue weighted by Crippen LogP contribution is -2.42. The van der Waals surface area contributed by atoms with Crippen molar-refractivity contribution in [1.29, 1.82) is 0 Å². The van der Waals surface area contributed by atoms with Gasteiger partial charge in [-0.3, -0.25) is 0 Å². The highest BCUT2D eigenvalue weighted by molar-refractivity contribution is 7.09. The van der Waals surface area contributed by atoms with Crippen molar-refractivity contribution in [3.63, 3.8) is 0 Å². The lowest BCUT2D eigenvalue weighted by Gasteiger charge is -2.37. The fraction of sp³-hybridized carbons (Fsp3) is 0.375. The summed E-state index contributed by atoms with van der Waals surface area (Å²) in [5, 5.41) is 5.66. The Morgan fingerprint density at radius 3 is 2.75 bits per heavy atom. The highest BCUT2D eigenvalue weighted by Crippen LogP contribution is 2.31. The van der Waals surface area contributed by atoms with E-state index in [1.165, 1.54) is 16.3 Å². The van der Waals surface area contributed by atoms with Crippen LogP contribution in [0.3, 0.4) is 0 Å². The Kier molecular flexibility index (Phi) is 4.23. The number of fused-ring (bicyclic) bond motifs is 1. The Balaban J connectivity index is 1.54. The van der Waals surface area contributed by atoms with Crippen LogP contribution in [-0.4, -0.2) is 33.2 Å². The largest absolute Gasteiger partial charge is 0.371 e. The number of nitrogens with zero attached hydrogens (tertiary/aromatic N) is 2. The van der Waals surface area contributed by atoms with Crippen LogP contribution in [0.15, 0.2) is 41.8 Å². The summed E-state index contributed by atoms with van der Waals surface area (Å²) in [5.74, 6) is 0. The van der Waals surface area contributed by atoms with Gasteiger partial charge in [-0.25, -0.2) is 0 Å². The predicted octanol–water partition coefficient (Wildman–Crippen LogP) is 2.79. The van der Waals surface area contributed by atoms with Crippen LogP contribution >= 0.6 is 11.3 Å². The number of rotatable bonds is 5. The molecule has 1 aliphatic heterocycles. The molecule has 0 saturated heterocycles. The van der Waals surface area contributed by atoms with E-state index in [2.05, 4.69) is 63.9 Å². The number of hydrogen-bond donors (Lipinski definition) is 1. The van der Waals surface area contributed by atoms with Crippen LogP contribution in [0, 0.1) is 0 Å². The molecular weight excluding hydrogens is 266 g/mol. The molecule has 1 N–H and O–H groups in total. The van der Waals surface area contributed by atoms with E-state index in [0.717, 1.165) is 32.7 Å². The van der Waals surface area contributed by atoms with E-state index < -0.39 is 0 Å². The molecule has 1 aromatic carbocycles. The number of likely N-dealkylation sites (N-methyl/N-ethyl adjacent to an activating group) is 1. The number of thiophene rings is 1. The van der Waals surface area contributed by atoms with Crippen LogP contribution in [0.5, 0.6) is 0 Å². The molecule has 3 rings (SSSR count). The van der Waals surface area contributed by atoms with Gasteiger partial charge in [0.1, 0.15) is 0 Å². The summed E-state index contributed by atoms with van der Waals surface area (Å²) in [6.45, 7) is 5.27. The molecule has 4 heteroatoms. The summed E-state index contributed by atoms with van der Waals surface area (Å²) in [4.78, 5) is 6.23. The maximum absolute atomic E-state index is 3.53. The molecule has 2 aromatic rings. The first kappa shape index (κ1) is 13.5. The topological polar surface area (TPSA) is 18.5 Å². The minimum Gasteiger partial charge on any atom is -0.371 e. The highest BCUT2D eigenvalue weighted by Gasteiger charge is 2.18. The molecule has 0 spiro atoms. The molecule has 0 fully saturated rings. The normalized spacial score (nSPS) is 14.4. The molecule has 0 amide bonds. The quantitative estimate of drug-likeness (QED) is 0.853. The summed E-state index contributed by atoms with van der Waals surface area (Å²) >= 11 is 1.82. The van der Waals surface area contributed by atoms with Crippen molar-refractivity contribution >= 4 is 22.7 Å². The van der Waals surface area contributed by atoms with Crippen molar-refractivity contribution in [2.75, 3.05) is 43.0 Å². The molecule has 106 valence electrons. The summed E-state index contributed by atoms with van der Waals surface area (Å²) in [5.41, 5.74) is 2.70. The number of hydrogen-bond acceptors (Lipinski definition) is 4. The summed E-state index contributed by atoms with van der Waals surface area (Å²) in [6.07, 6.45) is 0. The standard InChI is InChI=1S/C16H21N3S/c1-18-10-11-19(16-7-3-2-6-15(16)18)9-8-17-13-14-5-4-12-20-14/h2-7,12,17H,8-11,13H2,1H3. The molecule has 2 heterocycles. The summed E-state index contributed by atoms with van der Waals surface area (Å²) < 4.78 is 0. The Morgan fingerprint density at radius 1 is 1.10 bits per heavy atom. The first-order chi connectivity index (χ1) is 9.84. The van der Waals surface area contributed by atoms with E-state index in [1.807, 2.05) is 11.3 Å². The van der Waals surface area contributed by atoms with Crippen molar-refractivity contribution in [2.24, 2.45) is 0 Å². The molecule has 1 aliphatic rings. The number of anilines is 2. The first-order valence-corrected chi connectivity index (χ1v) is 8.01. The zero-order valence-corrected chi connectivity index (χ0v) is 12.7. The average molecular weight is 287 g/mol. The Hall–Kier alpha value is -1.52. The third-order valence-corrected chi connectivity index (χ3v) is 4.65. The van der Waals surface area contributed by atoms with Crippen molar-refractivity contribution in [3.05, 3.63) is 46.7 Å². The Morgan fingerprint density at radius 2 is 1.95 bits per heavy atom. The Labute approximate surface area is 124 Å². The zero-order valence-electron chi connectivity index (χ0n) is 11.9. The maximum atomic E-state index is 3.53. The molecule has 3 nitrogen and oxygen atoms in total. The minimum atomic E-state index is 0.979. The lowest BCUT2D eigenvalue weighted by atomic mass is 10.2. The van der Waals surface area contributed by atoms with Crippen LogP contribution < -0.4 is 15.1 Å². The fourth-order valence-corrected chi connectivity index (χ4v) is 3.31. The van der Waals surface area contributed by atoms with Gasteiger partial charge in [-0.15, -0.1) is 11.3 Å². The molecule has 1 aromatic heterocycles. The smallest absolute Gasteiger partial charge is 0.0605 e. The van der Waals surface area contributed by atoms with Crippen LogP contribution in [0.1, 0.15) is 4.88 Å².